The maximum absolute atomic E-state index is 13.3. The first-order valence-corrected chi connectivity index (χ1v) is 7.82. The van der Waals surface area contributed by atoms with Crippen LogP contribution >= 0.6 is 0 Å². The van der Waals surface area contributed by atoms with E-state index in [1.165, 1.54) is 23.4 Å². The maximum Gasteiger partial charge on any atom is 0.418 e. The molecular weight excluding hydrogens is 313 g/mol. The van der Waals surface area contributed by atoms with Crippen LogP contribution in [0.5, 0.6) is 0 Å². The molecule has 0 saturated heterocycles. The SMILES string of the molecule is FC(F)(F)c1cccc2c(-c3cccc4c3CCNC4)ccnc12. The van der Waals surface area contributed by atoms with Crippen molar-refractivity contribution in [1.82, 2.24) is 10.3 Å². The van der Waals surface area contributed by atoms with Crippen molar-refractivity contribution in [3.63, 3.8) is 0 Å². The molecular formula is C19H15F3N2. The maximum atomic E-state index is 13.3. The Hall–Kier alpha value is -2.40. The summed E-state index contributed by atoms with van der Waals surface area (Å²) in [6.45, 7) is 1.67. The average molecular weight is 328 g/mol. The molecule has 1 aromatic heterocycles. The summed E-state index contributed by atoms with van der Waals surface area (Å²) in [5, 5.41) is 3.87. The number of nitrogens with zero attached hydrogens (tertiary/aromatic N) is 1. The molecule has 1 N–H and O–H groups in total. The molecule has 2 heterocycles. The summed E-state index contributed by atoms with van der Waals surface area (Å²) in [4.78, 5) is 4.01. The van der Waals surface area contributed by atoms with Gasteiger partial charge in [0.1, 0.15) is 0 Å². The number of aromatic nitrogens is 1. The molecule has 0 aliphatic carbocycles. The van der Waals surface area contributed by atoms with Gasteiger partial charge in [0.15, 0.2) is 0 Å². The van der Waals surface area contributed by atoms with E-state index >= 15 is 0 Å². The van der Waals surface area contributed by atoms with Crippen molar-refractivity contribution >= 4 is 10.9 Å². The second-order valence-corrected chi connectivity index (χ2v) is 5.93. The lowest BCUT2D eigenvalue weighted by molar-refractivity contribution is -0.136. The predicted molar refractivity (Wildman–Crippen MR) is 87.6 cm³/mol. The van der Waals surface area contributed by atoms with E-state index in [9.17, 15) is 13.2 Å². The summed E-state index contributed by atoms with van der Waals surface area (Å²) in [5.41, 5.74) is 3.55. The molecule has 0 fully saturated rings. The van der Waals surface area contributed by atoms with Crippen LogP contribution in [0.15, 0.2) is 48.7 Å². The van der Waals surface area contributed by atoms with Gasteiger partial charge in [-0.15, -0.1) is 0 Å². The Kier molecular flexibility index (Phi) is 3.53. The molecule has 0 bridgehead atoms. The molecule has 4 rings (SSSR count). The lowest BCUT2D eigenvalue weighted by atomic mass is 9.89. The summed E-state index contributed by atoms with van der Waals surface area (Å²) in [5.74, 6) is 0. The number of fused-ring (bicyclic) bond motifs is 2. The van der Waals surface area contributed by atoms with Gasteiger partial charge in [-0.25, -0.2) is 0 Å². The number of para-hydroxylation sites is 1. The zero-order chi connectivity index (χ0) is 16.7. The Balaban J connectivity index is 2.00. The third kappa shape index (κ3) is 2.45. The average Bonchev–Trinajstić information content (AvgIpc) is 2.59. The Bertz CT molecular complexity index is 916. The first-order chi connectivity index (χ1) is 11.6. The second-order valence-electron chi connectivity index (χ2n) is 5.93. The quantitative estimate of drug-likeness (QED) is 0.708. The van der Waals surface area contributed by atoms with E-state index in [1.54, 1.807) is 12.1 Å². The van der Waals surface area contributed by atoms with E-state index in [0.29, 0.717) is 5.39 Å². The molecule has 0 saturated carbocycles. The third-order valence-electron chi connectivity index (χ3n) is 4.51. The molecule has 0 radical (unpaired) electrons. The molecule has 0 amide bonds. The fraction of sp³-hybridized carbons (Fsp3) is 0.211. The molecule has 5 heteroatoms. The summed E-state index contributed by atoms with van der Waals surface area (Å²) in [6.07, 6.45) is -2.08. The Morgan fingerprint density at radius 1 is 0.958 bits per heavy atom. The van der Waals surface area contributed by atoms with Crippen molar-refractivity contribution in [2.24, 2.45) is 0 Å². The smallest absolute Gasteiger partial charge is 0.312 e. The van der Waals surface area contributed by atoms with Gasteiger partial charge in [-0.2, -0.15) is 13.2 Å². The minimum absolute atomic E-state index is 0.00837. The van der Waals surface area contributed by atoms with Crippen molar-refractivity contribution in [3.8, 4) is 11.1 Å². The van der Waals surface area contributed by atoms with Gasteiger partial charge in [0.05, 0.1) is 11.1 Å². The molecule has 0 atom stereocenters. The molecule has 1 aliphatic rings. The highest BCUT2D eigenvalue weighted by Gasteiger charge is 2.33. The second kappa shape index (κ2) is 5.60. The van der Waals surface area contributed by atoms with Crippen LogP contribution in [0.2, 0.25) is 0 Å². The van der Waals surface area contributed by atoms with Crippen LogP contribution < -0.4 is 5.32 Å². The van der Waals surface area contributed by atoms with Crippen LogP contribution in [0, 0.1) is 0 Å². The molecule has 2 nitrogen and oxygen atoms in total. The largest absolute Gasteiger partial charge is 0.418 e. The fourth-order valence-corrected chi connectivity index (χ4v) is 3.42. The number of nitrogens with one attached hydrogen (secondary N) is 1. The van der Waals surface area contributed by atoms with Gasteiger partial charge in [0.25, 0.3) is 0 Å². The zero-order valence-electron chi connectivity index (χ0n) is 12.8. The fourth-order valence-electron chi connectivity index (χ4n) is 3.42. The predicted octanol–water partition coefficient (Wildman–Crippen LogP) is 4.57. The van der Waals surface area contributed by atoms with E-state index in [0.717, 1.165) is 36.7 Å². The third-order valence-corrected chi connectivity index (χ3v) is 4.51. The normalized spacial score (nSPS) is 14.6. The van der Waals surface area contributed by atoms with Gasteiger partial charge in [-0.05, 0) is 47.4 Å². The van der Waals surface area contributed by atoms with Gasteiger partial charge in [0.2, 0.25) is 0 Å². The number of rotatable bonds is 1. The van der Waals surface area contributed by atoms with Crippen LogP contribution in [0.4, 0.5) is 13.2 Å². The number of halogens is 3. The van der Waals surface area contributed by atoms with Crippen molar-refractivity contribution in [2.75, 3.05) is 6.54 Å². The molecule has 0 unspecified atom stereocenters. The van der Waals surface area contributed by atoms with Gasteiger partial charge in [-0.1, -0.05) is 30.3 Å². The van der Waals surface area contributed by atoms with Gasteiger partial charge < -0.3 is 5.32 Å². The highest BCUT2D eigenvalue weighted by molar-refractivity contribution is 5.97. The Morgan fingerprint density at radius 2 is 1.79 bits per heavy atom. The van der Waals surface area contributed by atoms with Crippen molar-refractivity contribution in [3.05, 3.63) is 65.4 Å². The lowest BCUT2D eigenvalue weighted by Gasteiger charge is -2.21. The van der Waals surface area contributed by atoms with E-state index < -0.39 is 11.7 Å². The van der Waals surface area contributed by atoms with Crippen LogP contribution in [0.3, 0.4) is 0 Å². The highest BCUT2D eigenvalue weighted by Crippen LogP contribution is 2.38. The molecule has 24 heavy (non-hydrogen) atoms. The number of alkyl halides is 3. The number of pyridine rings is 1. The Morgan fingerprint density at radius 3 is 2.62 bits per heavy atom. The van der Waals surface area contributed by atoms with Crippen LogP contribution in [-0.2, 0) is 19.1 Å². The molecule has 0 spiro atoms. The molecule has 1 aliphatic heterocycles. The molecule has 122 valence electrons. The number of hydrogen-bond donors (Lipinski definition) is 1. The van der Waals surface area contributed by atoms with E-state index in [2.05, 4.69) is 16.4 Å². The van der Waals surface area contributed by atoms with E-state index in [4.69, 9.17) is 0 Å². The van der Waals surface area contributed by atoms with Gasteiger partial charge in [-0.3, -0.25) is 4.98 Å². The van der Waals surface area contributed by atoms with Crippen molar-refractivity contribution < 1.29 is 13.2 Å². The minimum atomic E-state index is -4.41. The standard InChI is InChI=1S/C19H15F3N2/c20-19(21,22)17-6-2-5-16-15(8-10-24-18(16)17)14-4-1-3-12-11-23-9-7-13(12)14/h1-6,8,10,23H,7,9,11H2. The topological polar surface area (TPSA) is 24.9 Å². The van der Waals surface area contributed by atoms with Crippen molar-refractivity contribution in [1.29, 1.82) is 0 Å². The highest BCUT2D eigenvalue weighted by atomic mass is 19.4. The first-order valence-electron chi connectivity index (χ1n) is 7.82. The van der Waals surface area contributed by atoms with Crippen LogP contribution in [-0.4, -0.2) is 11.5 Å². The Labute approximate surface area is 137 Å². The summed E-state index contributed by atoms with van der Waals surface area (Å²) in [6, 6.07) is 12.1. The van der Waals surface area contributed by atoms with E-state index in [1.807, 2.05) is 12.1 Å². The van der Waals surface area contributed by atoms with Gasteiger partial charge in [0, 0.05) is 18.1 Å². The molecule has 3 aromatic rings. The van der Waals surface area contributed by atoms with E-state index in [-0.39, 0.29) is 5.52 Å². The number of hydrogen-bond acceptors (Lipinski definition) is 2. The first kappa shape index (κ1) is 15.1. The zero-order valence-corrected chi connectivity index (χ0v) is 12.8. The van der Waals surface area contributed by atoms with Crippen molar-refractivity contribution in [2.45, 2.75) is 19.1 Å². The molecule has 2 aromatic carbocycles. The lowest BCUT2D eigenvalue weighted by Crippen LogP contribution is -2.24. The summed E-state index contributed by atoms with van der Waals surface area (Å²) < 4.78 is 39.8. The van der Waals surface area contributed by atoms with Crippen LogP contribution in [0.25, 0.3) is 22.0 Å². The monoisotopic (exact) mass is 328 g/mol. The van der Waals surface area contributed by atoms with Crippen LogP contribution in [0.1, 0.15) is 16.7 Å². The summed E-state index contributed by atoms with van der Waals surface area (Å²) in [7, 11) is 0. The number of benzene rings is 2. The van der Waals surface area contributed by atoms with Gasteiger partial charge >= 0.3 is 6.18 Å². The summed E-state index contributed by atoms with van der Waals surface area (Å²) >= 11 is 0. The minimum Gasteiger partial charge on any atom is -0.312 e.